The van der Waals surface area contributed by atoms with Gasteiger partial charge in [-0.3, -0.25) is 4.79 Å². The van der Waals surface area contributed by atoms with Gasteiger partial charge in [-0.25, -0.2) is 4.39 Å². The van der Waals surface area contributed by atoms with Crippen LogP contribution in [0.3, 0.4) is 0 Å². The maximum Gasteiger partial charge on any atom is 0.307 e. The van der Waals surface area contributed by atoms with Gasteiger partial charge >= 0.3 is 5.97 Å². The molecule has 3 nitrogen and oxygen atoms in total. The molecule has 0 amide bonds. The standard InChI is InChI=1S/C12H15BrFNO2/c1-8(12(16)17)7-15-5-4-9-6-10(13)2-3-11(9)14/h2-3,6,8,15H,4-5,7H2,1H3,(H,16,17). The van der Waals surface area contributed by atoms with Crippen LogP contribution < -0.4 is 5.32 Å². The molecule has 5 heteroatoms. The van der Waals surface area contributed by atoms with Crippen molar-refractivity contribution in [2.75, 3.05) is 13.1 Å². The lowest BCUT2D eigenvalue weighted by Gasteiger charge is -2.08. The van der Waals surface area contributed by atoms with Gasteiger partial charge in [0.25, 0.3) is 0 Å². The Morgan fingerprint density at radius 3 is 2.94 bits per heavy atom. The molecule has 0 spiro atoms. The van der Waals surface area contributed by atoms with Crippen LogP contribution in [-0.2, 0) is 11.2 Å². The molecule has 0 aliphatic carbocycles. The predicted octanol–water partition coefficient (Wildman–Crippen LogP) is 2.44. The fourth-order valence-corrected chi connectivity index (χ4v) is 1.77. The lowest BCUT2D eigenvalue weighted by molar-refractivity contribution is -0.140. The number of hydrogen-bond acceptors (Lipinski definition) is 2. The Balaban J connectivity index is 2.36. The molecule has 0 aromatic heterocycles. The molecule has 1 aromatic carbocycles. The summed E-state index contributed by atoms with van der Waals surface area (Å²) < 4.78 is 14.2. The molecule has 0 radical (unpaired) electrons. The van der Waals surface area contributed by atoms with E-state index < -0.39 is 11.9 Å². The summed E-state index contributed by atoms with van der Waals surface area (Å²) in [5, 5.41) is 11.7. The van der Waals surface area contributed by atoms with Crippen molar-refractivity contribution in [3.63, 3.8) is 0 Å². The molecule has 0 saturated heterocycles. The molecule has 0 saturated carbocycles. The van der Waals surface area contributed by atoms with E-state index in [0.717, 1.165) is 4.47 Å². The fourth-order valence-electron chi connectivity index (χ4n) is 1.36. The number of hydrogen-bond donors (Lipinski definition) is 2. The number of carboxylic acids is 1. The van der Waals surface area contributed by atoms with E-state index >= 15 is 0 Å². The summed E-state index contributed by atoms with van der Waals surface area (Å²) in [5.41, 5.74) is 0.620. The van der Waals surface area contributed by atoms with Crippen LogP contribution in [0.2, 0.25) is 0 Å². The molecule has 2 N–H and O–H groups in total. The first-order valence-corrected chi connectivity index (χ1v) is 6.17. The van der Waals surface area contributed by atoms with Crippen molar-refractivity contribution >= 4 is 21.9 Å². The van der Waals surface area contributed by atoms with Gasteiger partial charge in [-0.1, -0.05) is 22.9 Å². The first-order chi connectivity index (χ1) is 8.00. The average Bonchev–Trinajstić information content (AvgIpc) is 2.28. The van der Waals surface area contributed by atoms with Gasteiger partial charge in [-0.2, -0.15) is 0 Å². The highest BCUT2D eigenvalue weighted by Gasteiger charge is 2.09. The summed E-state index contributed by atoms with van der Waals surface area (Å²) in [6.07, 6.45) is 0.539. The molecule has 17 heavy (non-hydrogen) atoms. The van der Waals surface area contributed by atoms with E-state index in [1.165, 1.54) is 6.07 Å². The van der Waals surface area contributed by atoms with E-state index in [4.69, 9.17) is 5.11 Å². The number of halogens is 2. The Morgan fingerprint density at radius 1 is 1.59 bits per heavy atom. The Labute approximate surface area is 108 Å². The van der Waals surface area contributed by atoms with Crippen molar-refractivity contribution < 1.29 is 14.3 Å². The molecular weight excluding hydrogens is 289 g/mol. The monoisotopic (exact) mass is 303 g/mol. The number of aliphatic carboxylic acids is 1. The molecule has 0 bridgehead atoms. The highest BCUT2D eigenvalue weighted by Crippen LogP contribution is 2.15. The zero-order valence-electron chi connectivity index (χ0n) is 9.54. The maximum absolute atomic E-state index is 13.3. The van der Waals surface area contributed by atoms with Crippen LogP contribution in [0.25, 0.3) is 0 Å². The first kappa shape index (κ1) is 14.1. The maximum atomic E-state index is 13.3. The Morgan fingerprint density at radius 2 is 2.29 bits per heavy atom. The van der Waals surface area contributed by atoms with E-state index in [-0.39, 0.29) is 5.82 Å². The topological polar surface area (TPSA) is 49.3 Å². The van der Waals surface area contributed by atoms with Crippen molar-refractivity contribution in [1.82, 2.24) is 5.32 Å². The molecule has 0 aliphatic rings. The number of carboxylic acid groups (broad SMARTS) is 1. The normalized spacial score (nSPS) is 12.4. The Kier molecular flexibility index (Phi) is 5.58. The zero-order valence-corrected chi connectivity index (χ0v) is 11.1. The van der Waals surface area contributed by atoms with Crippen LogP contribution in [0.1, 0.15) is 12.5 Å². The third kappa shape index (κ3) is 4.83. The Bertz CT molecular complexity index is 398. The lowest BCUT2D eigenvalue weighted by atomic mass is 10.1. The third-order valence-corrected chi connectivity index (χ3v) is 2.94. The van der Waals surface area contributed by atoms with E-state index in [0.29, 0.717) is 25.1 Å². The summed E-state index contributed by atoms with van der Waals surface area (Å²) in [6, 6.07) is 4.80. The average molecular weight is 304 g/mol. The van der Waals surface area contributed by atoms with Crippen molar-refractivity contribution in [3.05, 3.63) is 34.1 Å². The molecule has 0 fully saturated rings. The minimum absolute atomic E-state index is 0.235. The summed E-state index contributed by atoms with van der Waals surface area (Å²) in [4.78, 5) is 10.6. The predicted molar refractivity (Wildman–Crippen MR) is 67.5 cm³/mol. The third-order valence-electron chi connectivity index (χ3n) is 2.45. The fraction of sp³-hybridized carbons (Fsp3) is 0.417. The molecule has 0 aliphatic heterocycles. The number of rotatable bonds is 6. The number of carbonyl (C=O) groups is 1. The summed E-state index contributed by atoms with van der Waals surface area (Å²) in [7, 11) is 0. The second-order valence-electron chi connectivity index (χ2n) is 3.93. The summed E-state index contributed by atoms with van der Waals surface area (Å²) >= 11 is 3.28. The minimum Gasteiger partial charge on any atom is -0.481 e. The van der Waals surface area contributed by atoms with Crippen LogP contribution in [0.15, 0.2) is 22.7 Å². The minimum atomic E-state index is -0.828. The first-order valence-electron chi connectivity index (χ1n) is 5.38. The van der Waals surface area contributed by atoms with Crippen molar-refractivity contribution in [2.24, 2.45) is 5.92 Å². The molecule has 0 heterocycles. The van der Waals surface area contributed by atoms with Crippen molar-refractivity contribution in [2.45, 2.75) is 13.3 Å². The second-order valence-corrected chi connectivity index (χ2v) is 4.84. The van der Waals surface area contributed by atoms with Gasteiger partial charge in [-0.05, 0) is 36.7 Å². The largest absolute Gasteiger partial charge is 0.481 e. The van der Waals surface area contributed by atoms with Crippen molar-refractivity contribution in [1.29, 1.82) is 0 Å². The van der Waals surface area contributed by atoms with Crippen molar-refractivity contribution in [3.8, 4) is 0 Å². The van der Waals surface area contributed by atoms with Gasteiger partial charge in [0.15, 0.2) is 0 Å². The van der Waals surface area contributed by atoms with Gasteiger partial charge in [-0.15, -0.1) is 0 Å². The van der Waals surface area contributed by atoms with E-state index in [1.807, 2.05) is 0 Å². The molecule has 94 valence electrons. The summed E-state index contributed by atoms with van der Waals surface area (Å²) in [5.74, 6) is -1.49. The quantitative estimate of drug-likeness (QED) is 0.794. The van der Waals surface area contributed by atoms with Gasteiger partial charge in [0.1, 0.15) is 5.82 Å². The number of benzene rings is 1. The van der Waals surface area contributed by atoms with Gasteiger partial charge in [0.2, 0.25) is 0 Å². The summed E-state index contributed by atoms with van der Waals surface area (Å²) in [6.45, 7) is 2.59. The molecule has 1 aromatic rings. The highest BCUT2D eigenvalue weighted by molar-refractivity contribution is 9.10. The van der Waals surface area contributed by atoms with Gasteiger partial charge in [0.05, 0.1) is 5.92 Å². The molecule has 1 atom stereocenters. The Hall–Kier alpha value is -0.940. The van der Waals surface area contributed by atoms with Crippen LogP contribution in [0, 0.1) is 11.7 Å². The van der Waals surface area contributed by atoms with Crippen LogP contribution >= 0.6 is 15.9 Å². The van der Waals surface area contributed by atoms with Crippen LogP contribution in [0.5, 0.6) is 0 Å². The smallest absolute Gasteiger partial charge is 0.307 e. The SMILES string of the molecule is CC(CNCCc1cc(Br)ccc1F)C(=O)O. The van der Waals surface area contributed by atoms with Gasteiger partial charge < -0.3 is 10.4 Å². The molecule has 1 rings (SSSR count). The second kappa shape index (κ2) is 6.71. The lowest BCUT2D eigenvalue weighted by Crippen LogP contribution is -2.28. The molecular formula is C12H15BrFNO2. The zero-order chi connectivity index (χ0) is 12.8. The molecule has 1 unspecified atom stereocenters. The van der Waals surface area contributed by atoms with Crippen LogP contribution in [-0.4, -0.2) is 24.2 Å². The van der Waals surface area contributed by atoms with E-state index in [2.05, 4.69) is 21.2 Å². The van der Waals surface area contributed by atoms with Gasteiger partial charge in [0, 0.05) is 11.0 Å². The number of nitrogens with one attached hydrogen (secondary N) is 1. The van der Waals surface area contributed by atoms with E-state index in [9.17, 15) is 9.18 Å². The van der Waals surface area contributed by atoms with E-state index in [1.54, 1.807) is 19.1 Å². The van der Waals surface area contributed by atoms with Crippen LogP contribution in [0.4, 0.5) is 4.39 Å². The highest BCUT2D eigenvalue weighted by atomic mass is 79.9.